The highest BCUT2D eigenvalue weighted by atomic mass is 79.9. The van der Waals surface area contributed by atoms with Gasteiger partial charge in [0.1, 0.15) is 0 Å². The zero-order valence-corrected chi connectivity index (χ0v) is 13.1. The van der Waals surface area contributed by atoms with Gasteiger partial charge in [0.2, 0.25) is 5.91 Å². The molecule has 0 aromatic carbocycles. The smallest absolute Gasteiger partial charge is 0.239 e. The van der Waals surface area contributed by atoms with Gasteiger partial charge in [0.15, 0.2) is 0 Å². The molecule has 0 aromatic rings. The number of nitrogens with two attached hydrogens (primary N) is 1. The number of amides is 1. The molecule has 1 aliphatic heterocycles. The van der Waals surface area contributed by atoms with Gasteiger partial charge in [-0.3, -0.25) is 4.79 Å². The van der Waals surface area contributed by atoms with E-state index in [0.717, 1.165) is 24.3 Å². The summed E-state index contributed by atoms with van der Waals surface area (Å²) in [6.07, 6.45) is 5.04. The lowest BCUT2D eigenvalue weighted by Gasteiger charge is -2.26. The molecule has 4 heteroatoms. The third kappa shape index (κ3) is 2.74. The highest BCUT2D eigenvalue weighted by Gasteiger charge is 2.45. The Morgan fingerprint density at radius 1 is 1.50 bits per heavy atom. The van der Waals surface area contributed by atoms with E-state index in [4.69, 9.17) is 5.73 Å². The van der Waals surface area contributed by atoms with Crippen molar-refractivity contribution in [1.29, 1.82) is 0 Å². The first-order chi connectivity index (χ1) is 8.47. The van der Waals surface area contributed by atoms with Gasteiger partial charge in [0.05, 0.1) is 6.04 Å². The summed E-state index contributed by atoms with van der Waals surface area (Å²) in [6, 6.07) is -0.325. The molecule has 1 amide bonds. The predicted molar refractivity (Wildman–Crippen MR) is 77.6 cm³/mol. The lowest BCUT2D eigenvalue weighted by Crippen LogP contribution is -2.46. The van der Waals surface area contributed by atoms with E-state index < -0.39 is 0 Å². The zero-order valence-electron chi connectivity index (χ0n) is 11.5. The second kappa shape index (κ2) is 5.49. The summed E-state index contributed by atoms with van der Waals surface area (Å²) >= 11 is 3.59. The van der Waals surface area contributed by atoms with E-state index in [9.17, 15) is 4.79 Å². The van der Waals surface area contributed by atoms with Crippen LogP contribution in [-0.2, 0) is 4.79 Å². The number of hydrogen-bond acceptors (Lipinski definition) is 2. The first kappa shape index (κ1) is 14.3. The molecule has 2 fully saturated rings. The molecular weight excluding hydrogens is 292 g/mol. The molecule has 2 rings (SSSR count). The number of carbonyl (C=O) groups excluding carboxylic acids is 1. The molecule has 18 heavy (non-hydrogen) atoms. The average Bonchev–Trinajstić information content (AvgIpc) is 2.95. The second-order valence-electron chi connectivity index (χ2n) is 6.54. The molecule has 1 saturated carbocycles. The van der Waals surface area contributed by atoms with Crippen LogP contribution >= 0.6 is 15.9 Å². The van der Waals surface area contributed by atoms with Gasteiger partial charge >= 0.3 is 0 Å². The summed E-state index contributed by atoms with van der Waals surface area (Å²) < 4.78 is 0. The summed E-state index contributed by atoms with van der Waals surface area (Å²) in [7, 11) is 0. The van der Waals surface area contributed by atoms with Crippen LogP contribution in [0.25, 0.3) is 0 Å². The number of alkyl halides is 1. The molecule has 0 aromatic heterocycles. The minimum absolute atomic E-state index is 0.157. The molecule has 0 bridgehead atoms. The van der Waals surface area contributed by atoms with Crippen molar-refractivity contribution in [2.75, 3.05) is 18.4 Å². The fourth-order valence-electron chi connectivity index (χ4n) is 3.45. The van der Waals surface area contributed by atoms with Gasteiger partial charge in [-0.05, 0) is 42.9 Å². The van der Waals surface area contributed by atoms with Crippen molar-refractivity contribution in [3.8, 4) is 0 Å². The number of nitrogens with zero attached hydrogens (tertiary/aromatic N) is 1. The Kier molecular flexibility index (Phi) is 4.37. The number of rotatable bonds is 3. The van der Waals surface area contributed by atoms with Crippen molar-refractivity contribution in [2.24, 2.45) is 23.0 Å². The monoisotopic (exact) mass is 316 g/mol. The highest BCUT2D eigenvalue weighted by molar-refractivity contribution is 9.09. The maximum absolute atomic E-state index is 12.3. The lowest BCUT2D eigenvalue weighted by atomic mass is 9.85. The maximum Gasteiger partial charge on any atom is 0.239 e. The van der Waals surface area contributed by atoms with Crippen LogP contribution in [0, 0.1) is 17.3 Å². The standard InChI is InChI=1S/C14H25BrN2O/c1-10(2)12(16)13(18)17-6-5-14(9-17)4-3-11(7-14)8-15/h10-12H,3-9,16H2,1-2H3/t11-,12+,14+/m1/s1. The van der Waals surface area contributed by atoms with E-state index in [-0.39, 0.29) is 17.9 Å². The molecule has 1 spiro atoms. The quantitative estimate of drug-likeness (QED) is 0.813. The SMILES string of the molecule is CC(C)[C@H](N)C(=O)N1CC[C@]2(CC[C@@H](CBr)C2)C1. The van der Waals surface area contributed by atoms with Crippen molar-refractivity contribution in [3.05, 3.63) is 0 Å². The van der Waals surface area contributed by atoms with Crippen LogP contribution in [0.2, 0.25) is 0 Å². The first-order valence-corrected chi connectivity index (χ1v) is 8.20. The summed E-state index contributed by atoms with van der Waals surface area (Å²) in [5, 5.41) is 1.11. The van der Waals surface area contributed by atoms with Crippen molar-refractivity contribution in [2.45, 2.75) is 45.6 Å². The van der Waals surface area contributed by atoms with Crippen LogP contribution in [-0.4, -0.2) is 35.3 Å². The minimum Gasteiger partial charge on any atom is -0.341 e. The summed E-state index contributed by atoms with van der Waals surface area (Å²) in [6.45, 7) is 5.89. The van der Waals surface area contributed by atoms with Crippen molar-refractivity contribution < 1.29 is 4.79 Å². The lowest BCUT2D eigenvalue weighted by molar-refractivity contribution is -0.132. The van der Waals surface area contributed by atoms with E-state index in [1.165, 1.54) is 25.7 Å². The Labute approximate surface area is 119 Å². The Morgan fingerprint density at radius 3 is 2.78 bits per heavy atom. The molecule has 104 valence electrons. The van der Waals surface area contributed by atoms with Crippen molar-refractivity contribution in [1.82, 2.24) is 4.90 Å². The number of carbonyl (C=O) groups is 1. The molecule has 1 aliphatic carbocycles. The van der Waals surface area contributed by atoms with Gasteiger partial charge in [-0.1, -0.05) is 29.8 Å². The minimum atomic E-state index is -0.325. The van der Waals surface area contributed by atoms with Crippen LogP contribution in [0.3, 0.4) is 0 Å². The highest BCUT2D eigenvalue weighted by Crippen LogP contribution is 2.48. The Balaban J connectivity index is 1.94. The van der Waals surface area contributed by atoms with Gasteiger partial charge in [-0.15, -0.1) is 0 Å². The number of halogens is 1. The summed E-state index contributed by atoms with van der Waals surface area (Å²) in [5.74, 6) is 1.19. The fraction of sp³-hybridized carbons (Fsp3) is 0.929. The molecule has 1 heterocycles. The predicted octanol–water partition coefficient (Wildman–Crippen LogP) is 2.38. The van der Waals surface area contributed by atoms with Gasteiger partial charge < -0.3 is 10.6 Å². The molecule has 3 nitrogen and oxygen atoms in total. The van der Waals surface area contributed by atoms with E-state index in [1.807, 2.05) is 18.7 Å². The summed E-state index contributed by atoms with van der Waals surface area (Å²) in [5.41, 5.74) is 6.39. The molecule has 2 aliphatic rings. The van der Waals surface area contributed by atoms with Gasteiger partial charge in [-0.25, -0.2) is 0 Å². The van der Waals surface area contributed by atoms with E-state index in [1.54, 1.807) is 0 Å². The van der Waals surface area contributed by atoms with Crippen LogP contribution in [0.15, 0.2) is 0 Å². The molecule has 1 saturated heterocycles. The number of hydrogen-bond donors (Lipinski definition) is 1. The Hall–Kier alpha value is -0.0900. The van der Waals surface area contributed by atoms with Crippen LogP contribution < -0.4 is 5.73 Å². The summed E-state index contributed by atoms with van der Waals surface area (Å²) in [4.78, 5) is 14.3. The van der Waals surface area contributed by atoms with Crippen molar-refractivity contribution in [3.63, 3.8) is 0 Å². The van der Waals surface area contributed by atoms with Gasteiger partial charge in [0.25, 0.3) is 0 Å². The third-order valence-corrected chi connectivity index (χ3v) is 5.69. The van der Waals surface area contributed by atoms with Crippen LogP contribution in [0.5, 0.6) is 0 Å². The van der Waals surface area contributed by atoms with Crippen LogP contribution in [0.4, 0.5) is 0 Å². The topological polar surface area (TPSA) is 46.3 Å². The van der Waals surface area contributed by atoms with Gasteiger partial charge in [-0.2, -0.15) is 0 Å². The molecule has 0 unspecified atom stereocenters. The van der Waals surface area contributed by atoms with Gasteiger partial charge in [0, 0.05) is 18.4 Å². The third-order valence-electron chi connectivity index (χ3n) is 4.78. The largest absolute Gasteiger partial charge is 0.341 e. The number of likely N-dealkylation sites (tertiary alicyclic amines) is 1. The molecule has 3 atom stereocenters. The van der Waals surface area contributed by atoms with E-state index in [2.05, 4.69) is 15.9 Å². The molecular formula is C14H25BrN2O. The fourth-order valence-corrected chi connectivity index (χ4v) is 4.00. The zero-order chi connectivity index (χ0) is 13.3. The Bertz CT molecular complexity index is 321. The van der Waals surface area contributed by atoms with Crippen molar-refractivity contribution >= 4 is 21.8 Å². The van der Waals surface area contributed by atoms with Crippen LogP contribution in [0.1, 0.15) is 39.5 Å². The average molecular weight is 317 g/mol. The van der Waals surface area contributed by atoms with E-state index >= 15 is 0 Å². The maximum atomic E-state index is 12.3. The molecule has 2 N–H and O–H groups in total. The molecule has 0 radical (unpaired) electrons. The normalized spacial score (nSPS) is 33.6. The first-order valence-electron chi connectivity index (χ1n) is 7.08. The Morgan fingerprint density at radius 2 is 2.22 bits per heavy atom. The second-order valence-corrected chi connectivity index (χ2v) is 7.19. The van der Waals surface area contributed by atoms with E-state index in [0.29, 0.717) is 5.41 Å².